The molecule has 0 saturated heterocycles. The summed E-state index contributed by atoms with van der Waals surface area (Å²) in [5.74, 6) is 2.07. The van der Waals surface area contributed by atoms with Gasteiger partial charge in [0.05, 0.1) is 19.8 Å². The molecule has 3 aromatic rings. The molecular formula is C22H25N3O3. The highest BCUT2D eigenvalue weighted by Crippen LogP contribution is 2.31. The number of para-hydroxylation sites is 1. The van der Waals surface area contributed by atoms with Crippen molar-refractivity contribution in [1.82, 2.24) is 9.55 Å². The third kappa shape index (κ3) is 4.17. The highest BCUT2D eigenvalue weighted by molar-refractivity contribution is 6.06. The zero-order chi connectivity index (χ0) is 20.1. The molecule has 0 aliphatic rings. The van der Waals surface area contributed by atoms with Crippen molar-refractivity contribution in [3.05, 3.63) is 71.8 Å². The molecule has 2 aromatic carbocycles. The average Bonchev–Trinajstić information content (AvgIpc) is 3.15. The van der Waals surface area contributed by atoms with Gasteiger partial charge in [-0.2, -0.15) is 0 Å². The van der Waals surface area contributed by atoms with Gasteiger partial charge in [-0.3, -0.25) is 4.79 Å². The number of ether oxygens (including phenoxy) is 2. The number of anilines is 1. The number of carbonyl (C=O) groups is 1. The van der Waals surface area contributed by atoms with Crippen molar-refractivity contribution in [1.29, 1.82) is 0 Å². The van der Waals surface area contributed by atoms with E-state index in [0.717, 1.165) is 17.1 Å². The number of aromatic nitrogens is 2. The van der Waals surface area contributed by atoms with Crippen LogP contribution in [-0.2, 0) is 6.54 Å². The largest absolute Gasteiger partial charge is 0.493 e. The third-order valence-electron chi connectivity index (χ3n) is 4.45. The van der Waals surface area contributed by atoms with Crippen LogP contribution in [0.2, 0.25) is 0 Å². The van der Waals surface area contributed by atoms with Crippen LogP contribution in [-0.4, -0.2) is 29.7 Å². The monoisotopic (exact) mass is 379 g/mol. The molecule has 3 rings (SSSR count). The topological polar surface area (TPSA) is 65.4 Å². The molecule has 0 radical (unpaired) electrons. The summed E-state index contributed by atoms with van der Waals surface area (Å²) in [5, 5.41) is 2.94. The summed E-state index contributed by atoms with van der Waals surface area (Å²) in [6.07, 6.45) is 3.79. The van der Waals surface area contributed by atoms with Crippen LogP contribution < -0.4 is 14.8 Å². The minimum absolute atomic E-state index is 0.251. The van der Waals surface area contributed by atoms with Crippen molar-refractivity contribution in [3.63, 3.8) is 0 Å². The number of amides is 1. The average molecular weight is 379 g/mol. The Morgan fingerprint density at radius 2 is 1.93 bits per heavy atom. The van der Waals surface area contributed by atoms with Gasteiger partial charge in [0, 0.05) is 30.5 Å². The maximum atomic E-state index is 12.8. The Morgan fingerprint density at radius 1 is 1.14 bits per heavy atom. The van der Waals surface area contributed by atoms with E-state index in [-0.39, 0.29) is 5.91 Å². The molecule has 1 N–H and O–H groups in total. The van der Waals surface area contributed by atoms with Crippen LogP contribution in [0.25, 0.3) is 0 Å². The zero-order valence-electron chi connectivity index (χ0n) is 16.6. The normalized spacial score (nSPS) is 10.8. The summed E-state index contributed by atoms with van der Waals surface area (Å²) in [6, 6.07) is 13.0. The van der Waals surface area contributed by atoms with Crippen LogP contribution in [0.4, 0.5) is 5.69 Å². The summed E-state index contributed by atoms with van der Waals surface area (Å²) in [5.41, 5.74) is 2.22. The number of nitrogens with zero attached hydrogens (tertiary/aromatic N) is 2. The van der Waals surface area contributed by atoms with Gasteiger partial charge in [-0.15, -0.1) is 0 Å². The molecule has 0 saturated carbocycles. The first-order chi connectivity index (χ1) is 13.5. The summed E-state index contributed by atoms with van der Waals surface area (Å²) < 4.78 is 12.8. The van der Waals surface area contributed by atoms with Crippen molar-refractivity contribution in [3.8, 4) is 11.5 Å². The molecule has 0 fully saturated rings. The lowest BCUT2D eigenvalue weighted by Crippen LogP contribution is -2.14. The first-order valence-corrected chi connectivity index (χ1v) is 9.15. The van der Waals surface area contributed by atoms with Gasteiger partial charge in [-0.1, -0.05) is 32.0 Å². The second-order valence-corrected chi connectivity index (χ2v) is 6.76. The molecule has 0 spiro atoms. The third-order valence-corrected chi connectivity index (χ3v) is 4.45. The molecule has 1 heterocycles. The van der Waals surface area contributed by atoms with Gasteiger partial charge in [0.1, 0.15) is 5.82 Å². The van der Waals surface area contributed by atoms with Crippen molar-refractivity contribution in [2.45, 2.75) is 26.3 Å². The maximum absolute atomic E-state index is 12.8. The molecule has 0 atom stereocenters. The van der Waals surface area contributed by atoms with E-state index < -0.39 is 0 Å². The quantitative estimate of drug-likeness (QED) is 0.664. The van der Waals surface area contributed by atoms with Crippen LogP contribution in [0.1, 0.15) is 41.5 Å². The van der Waals surface area contributed by atoms with Crippen LogP contribution in [0, 0.1) is 0 Å². The van der Waals surface area contributed by atoms with Gasteiger partial charge in [-0.05, 0) is 29.8 Å². The minimum Gasteiger partial charge on any atom is -0.493 e. The lowest BCUT2D eigenvalue weighted by atomic mass is 10.1. The molecule has 0 unspecified atom stereocenters. The predicted molar refractivity (Wildman–Crippen MR) is 109 cm³/mol. The van der Waals surface area contributed by atoms with E-state index in [4.69, 9.17) is 9.47 Å². The van der Waals surface area contributed by atoms with Crippen molar-refractivity contribution in [2.24, 2.45) is 0 Å². The van der Waals surface area contributed by atoms with E-state index in [1.807, 2.05) is 36.7 Å². The number of hydrogen-bond donors (Lipinski definition) is 1. The van der Waals surface area contributed by atoms with Crippen molar-refractivity contribution in [2.75, 3.05) is 19.5 Å². The van der Waals surface area contributed by atoms with Crippen LogP contribution in [0.15, 0.2) is 54.9 Å². The first kappa shape index (κ1) is 19.5. The summed E-state index contributed by atoms with van der Waals surface area (Å²) in [7, 11) is 3.07. The SMILES string of the molecule is COc1cccc(C(=O)Nc2cccc(Cn3ccnc3C(C)C)c2)c1OC. The Kier molecular flexibility index (Phi) is 5.99. The highest BCUT2D eigenvalue weighted by Gasteiger charge is 2.16. The molecule has 1 aromatic heterocycles. The highest BCUT2D eigenvalue weighted by atomic mass is 16.5. The van der Waals surface area contributed by atoms with Crippen LogP contribution in [0.3, 0.4) is 0 Å². The van der Waals surface area contributed by atoms with Gasteiger partial charge in [0.25, 0.3) is 5.91 Å². The Labute approximate surface area is 165 Å². The number of imidazole rings is 1. The summed E-state index contributed by atoms with van der Waals surface area (Å²) in [4.78, 5) is 17.2. The molecule has 28 heavy (non-hydrogen) atoms. The zero-order valence-corrected chi connectivity index (χ0v) is 16.6. The van der Waals surface area contributed by atoms with E-state index in [2.05, 4.69) is 28.7 Å². The number of carbonyl (C=O) groups excluding carboxylic acids is 1. The fourth-order valence-corrected chi connectivity index (χ4v) is 3.16. The van der Waals surface area contributed by atoms with Gasteiger partial charge in [-0.25, -0.2) is 4.98 Å². The maximum Gasteiger partial charge on any atom is 0.259 e. The molecule has 0 aliphatic heterocycles. The van der Waals surface area contributed by atoms with E-state index >= 15 is 0 Å². The number of hydrogen-bond acceptors (Lipinski definition) is 4. The summed E-state index contributed by atoms with van der Waals surface area (Å²) in [6.45, 7) is 4.94. The predicted octanol–water partition coefficient (Wildman–Crippen LogP) is 4.32. The lowest BCUT2D eigenvalue weighted by molar-refractivity contribution is 0.102. The smallest absolute Gasteiger partial charge is 0.259 e. The van der Waals surface area contributed by atoms with E-state index in [0.29, 0.717) is 29.5 Å². The molecule has 0 aliphatic carbocycles. The summed E-state index contributed by atoms with van der Waals surface area (Å²) >= 11 is 0. The van der Waals surface area contributed by atoms with Gasteiger partial charge in [0.2, 0.25) is 0 Å². The van der Waals surface area contributed by atoms with Crippen LogP contribution in [0.5, 0.6) is 11.5 Å². The molecule has 0 bridgehead atoms. The number of nitrogens with one attached hydrogen (secondary N) is 1. The Morgan fingerprint density at radius 3 is 2.64 bits per heavy atom. The van der Waals surface area contributed by atoms with Gasteiger partial charge < -0.3 is 19.4 Å². The number of rotatable bonds is 7. The first-order valence-electron chi connectivity index (χ1n) is 9.15. The molecule has 6 heteroatoms. The second-order valence-electron chi connectivity index (χ2n) is 6.76. The fourth-order valence-electron chi connectivity index (χ4n) is 3.16. The number of benzene rings is 2. The Hall–Kier alpha value is -3.28. The second kappa shape index (κ2) is 8.61. The standard InChI is InChI=1S/C22H25N3O3/c1-15(2)21-23-11-12-25(21)14-16-7-5-8-17(13-16)24-22(26)18-9-6-10-19(27-3)20(18)28-4/h5-13,15H,14H2,1-4H3,(H,24,26). The lowest BCUT2D eigenvalue weighted by Gasteiger charge is -2.14. The fraction of sp³-hybridized carbons (Fsp3) is 0.273. The van der Waals surface area contributed by atoms with Gasteiger partial charge >= 0.3 is 0 Å². The van der Waals surface area contributed by atoms with Crippen molar-refractivity contribution < 1.29 is 14.3 Å². The van der Waals surface area contributed by atoms with Crippen LogP contribution >= 0.6 is 0 Å². The molecular weight excluding hydrogens is 354 g/mol. The van der Waals surface area contributed by atoms with Crippen molar-refractivity contribution >= 4 is 11.6 Å². The molecule has 146 valence electrons. The Bertz CT molecular complexity index is 963. The van der Waals surface area contributed by atoms with E-state index in [1.54, 1.807) is 25.3 Å². The Balaban J connectivity index is 1.80. The number of methoxy groups -OCH3 is 2. The molecule has 6 nitrogen and oxygen atoms in total. The van der Waals surface area contributed by atoms with Gasteiger partial charge in [0.15, 0.2) is 11.5 Å². The van der Waals surface area contributed by atoms with E-state index in [9.17, 15) is 4.79 Å². The minimum atomic E-state index is -0.251. The molecule has 1 amide bonds. The van der Waals surface area contributed by atoms with E-state index in [1.165, 1.54) is 7.11 Å².